The van der Waals surface area contributed by atoms with Crippen molar-refractivity contribution in [3.63, 3.8) is 0 Å². The summed E-state index contributed by atoms with van der Waals surface area (Å²) in [6.07, 6.45) is 3.65. The minimum Gasteiger partial charge on any atom is -0.394 e. The van der Waals surface area contributed by atoms with Gasteiger partial charge in [0.25, 0.3) is 0 Å². The first-order valence-electron chi connectivity index (χ1n) is 7.27. The van der Waals surface area contributed by atoms with Gasteiger partial charge in [-0.25, -0.2) is 0 Å². The molecule has 0 aromatic carbocycles. The van der Waals surface area contributed by atoms with Crippen molar-refractivity contribution in [2.45, 2.75) is 45.1 Å². The van der Waals surface area contributed by atoms with Gasteiger partial charge in [-0.05, 0) is 37.2 Å². The predicted molar refractivity (Wildman–Crippen MR) is 79.4 cm³/mol. The normalized spacial score (nSPS) is 18.5. The lowest BCUT2D eigenvalue weighted by Crippen LogP contribution is -2.49. The number of carbonyl (C=O) groups is 1. The van der Waals surface area contributed by atoms with E-state index in [1.54, 1.807) is 0 Å². The van der Waals surface area contributed by atoms with Crippen molar-refractivity contribution in [1.29, 1.82) is 0 Å². The second-order valence-corrected chi connectivity index (χ2v) is 6.32. The van der Waals surface area contributed by atoms with Gasteiger partial charge in [0.15, 0.2) is 0 Å². The molecule has 19 heavy (non-hydrogen) atoms. The first-order chi connectivity index (χ1) is 9.17. The van der Waals surface area contributed by atoms with Crippen molar-refractivity contribution in [2.75, 3.05) is 31.3 Å². The molecular formula is C14H27NO3S. The summed E-state index contributed by atoms with van der Waals surface area (Å²) in [5, 5.41) is 12.0. The molecule has 0 saturated carbocycles. The molecular weight excluding hydrogens is 262 g/mol. The van der Waals surface area contributed by atoms with E-state index in [1.807, 2.05) is 25.6 Å². The van der Waals surface area contributed by atoms with Gasteiger partial charge < -0.3 is 15.2 Å². The Morgan fingerprint density at radius 2 is 2.00 bits per heavy atom. The van der Waals surface area contributed by atoms with Gasteiger partial charge in [0.05, 0.1) is 18.8 Å². The molecule has 0 unspecified atom stereocenters. The highest BCUT2D eigenvalue weighted by Gasteiger charge is 2.34. The van der Waals surface area contributed by atoms with E-state index in [9.17, 15) is 4.79 Å². The summed E-state index contributed by atoms with van der Waals surface area (Å²) in [6.45, 7) is 5.05. The summed E-state index contributed by atoms with van der Waals surface area (Å²) in [6, 6.07) is 0. The van der Waals surface area contributed by atoms with Crippen LogP contribution in [0.1, 0.15) is 39.5 Å². The zero-order chi connectivity index (χ0) is 14.1. The number of nitrogens with one attached hydrogen (secondary N) is 1. The van der Waals surface area contributed by atoms with Gasteiger partial charge in [-0.15, -0.1) is 0 Å². The number of aliphatic hydroxyl groups excluding tert-OH is 1. The summed E-state index contributed by atoms with van der Waals surface area (Å²) >= 11 is 1.93. The lowest BCUT2D eigenvalue weighted by Gasteiger charge is -2.37. The van der Waals surface area contributed by atoms with E-state index < -0.39 is 0 Å². The fraction of sp³-hybridized carbons (Fsp3) is 0.929. The first-order valence-corrected chi connectivity index (χ1v) is 8.43. The Labute approximate surface area is 120 Å². The van der Waals surface area contributed by atoms with Crippen LogP contribution in [0.5, 0.6) is 0 Å². The van der Waals surface area contributed by atoms with Gasteiger partial charge in [0.2, 0.25) is 5.91 Å². The van der Waals surface area contributed by atoms with Crippen LogP contribution >= 0.6 is 11.8 Å². The third kappa shape index (κ3) is 5.32. The fourth-order valence-electron chi connectivity index (χ4n) is 2.43. The number of amides is 1. The molecule has 1 saturated heterocycles. The highest BCUT2D eigenvalue weighted by molar-refractivity contribution is 7.99. The highest BCUT2D eigenvalue weighted by Crippen LogP contribution is 2.30. The van der Waals surface area contributed by atoms with Crippen LogP contribution in [0.15, 0.2) is 0 Å². The van der Waals surface area contributed by atoms with Crippen LogP contribution in [0.3, 0.4) is 0 Å². The largest absolute Gasteiger partial charge is 0.394 e. The monoisotopic (exact) mass is 289 g/mol. The fourth-order valence-corrected chi connectivity index (χ4v) is 3.67. The van der Waals surface area contributed by atoms with Crippen LogP contribution in [-0.2, 0) is 9.53 Å². The number of carbonyl (C=O) groups excluding carboxylic acids is 1. The molecule has 0 radical (unpaired) electrons. The van der Waals surface area contributed by atoms with Crippen molar-refractivity contribution in [3.05, 3.63) is 0 Å². The topological polar surface area (TPSA) is 58.6 Å². The molecule has 0 bridgehead atoms. The minimum atomic E-state index is -0.268. The molecule has 1 amide bonds. The van der Waals surface area contributed by atoms with Gasteiger partial charge in [-0.3, -0.25) is 4.79 Å². The SMILES string of the molecule is CCC(CC)C(=O)NCC1(OCCO)CCSCC1. The lowest BCUT2D eigenvalue weighted by atomic mass is 9.95. The van der Waals surface area contributed by atoms with Crippen molar-refractivity contribution in [1.82, 2.24) is 5.32 Å². The molecule has 0 aromatic heterocycles. The van der Waals surface area contributed by atoms with E-state index in [1.165, 1.54) is 0 Å². The number of ether oxygens (including phenoxy) is 1. The highest BCUT2D eigenvalue weighted by atomic mass is 32.2. The molecule has 1 aliphatic heterocycles. The maximum atomic E-state index is 12.0. The van der Waals surface area contributed by atoms with E-state index in [0.717, 1.165) is 37.2 Å². The van der Waals surface area contributed by atoms with Gasteiger partial charge in [-0.2, -0.15) is 11.8 Å². The van der Waals surface area contributed by atoms with E-state index in [4.69, 9.17) is 9.84 Å². The van der Waals surface area contributed by atoms with E-state index in [-0.39, 0.29) is 24.0 Å². The molecule has 0 aliphatic carbocycles. The summed E-state index contributed by atoms with van der Waals surface area (Å²) in [5.41, 5.74) is -0.268. The summed E-state index contributed by atoms with van der Waals surface area (Å²) in [4.78, 5) is 12.0. The molecule has 1 rings (SSSR count). The quantitative estimate of drug-likeness (QED) is 0.715. The molecule has 112 valence electrons. The van der Waals surface area contributed by atoms with Crippen LogP contribution in [0, 0.1) is 5.92 Å². The maximum absolute atomic E-state index is 12.0. The summed E-state index contributed by atoms with van der Waals surface area (Å²) in [5.74, 6) is 2.36. The zero-order valence-corrected chi connectivity index (χ0v) is 12.9. The first kappa shape index (κ1) is 16.8. The van der Waals surface area contributed by atoms with Crippen molar-refractivity contribution >= 4 is 17.7 Å². The Kier molecular flexibility index (Phi) is 7.80. The third-order valence-corrected chi connectivity index (χ3v) is 4.83. The van der Waals surface area contributed by atoms with Gasteiger partial charge in [0.1, 0.15) is 0 Å². The van der Waals surface area contributed by atoms with E-state index in [2.05, 4.69) is 5.32 Å². The number of thioether (sulfide) groups is 1. The molecule has 0 atom stereocenters. The molecule has 0 spiro atoms. The second kappa shape index (κ2) is 8.82. The smallest absolute Gasteiger partial charge is 0.223 e. The van der Waals surface area contributed by atoms with Gasteiger partial charge in [-0.1, -0.05) is 13.8 Å². The second-order valence-electron chi connectivity index (χ2n) is 5.10. The number of rotatable bonds is 8. The number of hydrogen-bond acceptors (Lipinski definition) is 4. The van der Waals surface area contributed by atoms with E-state index in [0.29, 0.717) is 13.2 Å². The molecule has 4 nitrogen and oxygen atoms in total. The maximum Gasteiger partial charge on any atom is 0.223 e. The Bertz CT molecular complexity index is 263. The minimum absolute atomic E-state index is 0.0371. The van der Waals surface area contributed by atoms with Crippen molar-refractivity contribution < 1.29 is 14.6 Å². The van der Waals surface area contributed by atoms with Crippen LogP contribution < -0.4 is 5.32 Å². The molecule has 1 aliphatic rings. The Morgan fingerprint density at radius 3 is 2.53 bits per heavy atom. The number of hydrogen-bond donors (Lipinski definition) is 2. The van der Waals surface area contributed by atoms with Crippen LogP contribution in [0.2, 0.25) is 0 Å². The molecule has 1 heterocycles. The lowest BCUT2D eigenvalue weighted by molar-refractivity contribution is -0.128. The van der Waals surface area contributed by atoms with Crippen LogP contribution in [0.25, 0.3) is 0 Å². The third-order valence-electron chi connectivity index (χ3n) is 3.84. The Morgan fingerprint density at radius 1 is 1.37 bits per heavy atom. The molecule has 2 N–H and O–H groups in total. The summed E-state index contributed by atoms with van der Waals surface area (Å²) < 4.78 is 5.84. The zero-order valence-electron chi connectivity index (χ0n) is 12.1. The molecule has 5 heteroatoms. The van der Waals surface area contributed by atoms with Crippen LogP contribution in [-0.4, -0.2) is 47.9 Å². The van der Waals surface area contributed by atoms with Gasteiger partial charge in [0, 0.05) is 12.5 Å². The Balaban J connectivity index is 2.50. The number of aliphatic hydroxyl groups is 1. The summed E-state index contributed by atoms with van der Waals surface area (Å²) in [7, 11) is 0. The van der Waals surface area contributed by atoms with Crippen molar-refractivity contribution in [3.8, 4) is 0 Å². The average molecular weight is 289 g/mol. The Hall–Kier alpha value is -0.260. The molecule has 1 fully saturated rings. The predicted octanol–water partition coefficient (Wildman–Crippen LogP) is 1.81. The molecule has 0 aromatic rings. The van der Waals surface area contributed by atoms with E-state index >= 15 is 0 Å². The standard InChI is InChI=1S/C14H27NO3S/c1-3-12(4-2)13(17)15-11-14(18-8-7-16)5-9-19-10-6-14/h12,16H,3-11H2,1-2H3,(H,15,17). The average Bonchev–Trinajstić information content (AvgIpc) is 2.45. The van der Waals surface area contributed by atoms with Crippen molar-refractivity contribution in [2.24, 2.45) is 5.92 Å². The van der Waals surface area contributed by atoms with Crippen LogP contribution in [0.4, 0.5) is 0 Å². The van der Waals surface area contributed by atoms with Gasteiger partial charge >= 0.3 is 0 Å².